The number of likely N-dealkylation sites (tertiary alicyclic amines) is 1. The van der Waals surface area contributed by atoms with Crippen molar-refractivity contribution in [2.45, 2.75) is 63.0 Å². The van der Waals surface area contributed by atoms with Crippen LogP contribution in [0.3, 0.4) is 0 Å². The number of piperidine rings is 1. The van der Waals surface area contributed by atoms with Gasteiger partial charge in [-0.05, 0) is 74.1 Å². The maximum atomic E-state index is 13.8. The number of halogens is 6. The second-order valence-electron chi connectivity index (χ2n) is 12.7. The summed E-state index contributed by atoms with van der Waals surface area (Å²) in [6.07, 6.45) is -12.5. The molecule has 1 aliphatic carbocycles. The maximum absolute atomic E-state index is 13.8. The first-order valence-electron chi connectivity index (χ1n) is 15.1. The fourth-order valence-corrected chi connectivity index (χ4v) is 5.91. The molecule has 3 aromatic carbocycles. The monoisotopic (exact) mass is 677 g/mol. The Balaban J connectivity index is 1.38. The van der Waals surface area contributed by atoms with Crippen LogP contribution in [-0.4, -0.2) is 53.8 Å². The summed E-state index contributed by atoms with van der Waals surface area (Å²) < 4.78 is 92.0. The van der Waals surface area contributed by atoms with Gasteiger partial charge in [-0.3, -0.25) is 4.79 Å². The Hall–Kier alpha value is -4.75. The number of ether oxygens (including phenoxy) is 2. The molecule has 48 heavy (non-hydrogen) atoms. The van der Waals surface area contributed by atoms with Crippen LogP contribution >= 0.6 is 0 Å². The van der Waals surface area contributed by atoms with E-state index < -0.39 is 58.4 Å². The van der Waals surface area contributed by atoms with E-state index in [4.69, 9.17) is 9.47 Å². The van der Waals surface area contributed by atoms with Crippen LogP contribution in [-0.2, 0) is 26.6 Å². The van der Waals surface area contributed by atoms with Crippen LogP contribution in [0.25, 0.3) is 11.1 Å². The van der Waals surface area contributed by atoms with Gasteiger partial charge >= 0.3 is 24.5 Å². The largest absolute Gasteiger partial charge is 0.449 e. The third-order valence-corrected chi connectivity index (χ3v) is 8.23. The number of amides is 3. The van der Waals surface area contributed by atoms with Gasteiger partial charge in [0.25, 0.3) is 0 Å². The zero-order chi connectivity index (χ0) is 35.1. The maximum Gasteiger partial charge on any atom is 0.416 e. The molecule has 0 radical (unpaired) electrons. The standard InChI is InChI=1S/C34H33F6N3O5/c1-31(2,3)48-30(46)43-14-12-32(13-15-43,28(44)41-22-17-20(33(35,36)37)16-21(18-22)34(38,39)40)42-29(45)47-19-27-25-10-6-4-8-23(25)24-9-5-7-11-26(24)27/h4-11,16-18,27H,12-15,19H2,1-3H3,(H,41,44)(H,42,45). The smallest absolute Gasteiger partial charge is 0.416 e. The second-order valence-corrected chi connectivity index (χ2v) is 12.7. The minimum atomic E-state index is -5.14. The highest BCUT2D eigenvalue weighted by Gasteiger charge is 2.46. The summed E-state index contributed by atoms with van der Waals surface area (Å²) in [4.78, 5) is 41.1. The van der Waals surface area contributed by atoms with E-state index in [1.54, 1.807) is 20.8 Å². The first kappa shape index (κ1) is 34.6. The Morgan fingerprint density at radius 2 is 1.31 bits per heavy atom. The fraction of sp³-hybridized carbons (Fsp3) is 0.382. The summed E-state index contributed by atoms with van der Waals surface area (Å²) in [5, 5.41) is 4.67. The molecule has 5 rings (SSSR count). The van der Waals surface area contributed by atoms with Crippen molar-refractivity contribution < 1.29 is 50.2 Å². The van der Waals surface area contributed by atoms with Gasteiger partial charge in [0.2, 0.25) is 5.91 Å². The Kier molecular flexibility index (Phi) is 9.15. The minimum Gasteiger partial charge on any atom is -0.449 e. The normalized spacial score (nSPS) is 16.1. The van der Waals surface area contributed by atoms with Gasteiger partial charge in [-0.2, -0.15) is 26.3 Å². The number of carbonyl (C=O) groups is 3. The first-order valence-corrected chi connectivity index (χ1v) is 15.1. The van der Waals surface area contributed by atoms with Crippen molar-refractivity contribution in [1.82, 2.24) is 10.2 Å². The molecule has 1 heterocycles. The molecule has 8 nitrogen and oxygen atoms in total. The first-order chi connectivity index (χ1) is 22.4. The molecule has 2 aliphatic rings. The van der Waals surface area contributed by atoms with Crippen LogP contribution < -0.4 is 10.6 Å². The van der Waals surface area contributed by atoms with E-state index in [0.29, 0.717) is 12.1 Å². The molecule has 3 aromatic rings. The zero-order valence-corrected chi connectivity index (χ0v) is 26.2. The van der Waals surface area contributed by atoms with E-state index in [9.17, 15) is 40.7 Å². The lowest BCUT2D eigenvalue weighted by atomic mass is 9.86. The number of rotatable bonds is 5. The number of alkyl halides is 6. The predicted molar refractivity (Wildman–Crippen MR) is 163 cm³/mol. The average molecular weight is 678 g/mol. The number of fused-ring (bicyclic) bond motifs is 3. The van der Waals surface area contributed by atoms with Crippen LogP contribution in [0.1, 0.15) is 61.8 Å². The molecule has 0 aromatic heterocycles. The van der Waals surface area contributed by atoms with Crippen molar-refractivity contribution in [2.75, 3.05) is 25.0 Å². The number of nitrogens with zero attached hydrogens (tertiary/aromatic N) is 1. The van der Waals surface area contributed by atoms with E-state index >= 15 is 0 Å². The van der Waals surface area contributed by atoms with Gasteiger partial charge in [-0.1, -0.05) is 48.5 Å². The van der Waals surface area contributed by atoms with Crippen LogP contribution in [0.15, 0.2) is 66.7 Å². The molecule has 14 heteroatoms. The van der Waals surface area contributed by atoms with E-state index in [1.165, 1.54) is 4.90 Å². The van der Waals surface area contributed by atoms with Crippen LogP contribution in [0.5, 0.6) is 0 Å². The van der Waals surface area contributed by atoms with Gasteiger partial charge in [-0.25, -0.2) is 9.59 Å². The molecule has 2 N–H and O–H groups in total. The van der Waals surface area contributed by atoms with Gasteiger partial charge in [0.1, 0.15) is 17.7 Å². The van der Waals surface area contributed by atoms with Crippen LogP contribution in [0, 0.1) is 0 Å². The molecule has 256 valence electrons. The summed E-state index contributed by atoms with van der Waals surface area (Å²) >= 11 is 0. The Bertz CT molecular complexity index is 1630. The minimum absolute atomic E-state index is 0.0559. The summed E-state index contributed by atoms with van der Waals surface area (Å²) in [5.41, 5.74) is -2.90. The molecule has 0 bridgehead atoms. The summed E-state index contributed by atoms with van der Waals surface area (Å²) in [7, 11) is 0. The number of benzene rings is 3. The summed E-state index contributed by atoms with van der Waals surface area (Å²) in [6, 6.07) is 15.9. The van der Waals surface area contributed by atoms with E-state index in [1.807, 2.05) is 48.5 Å². The lowest BCUT2D eigenvalue weighted by molar-refractivity contribution is -0.143. The van der Waals surface area contributed by atoms with Crippen molar-refractivity contribution in [3.05, 3.63) is 89.0 Å². The highest BCUT2D eigenvalue weighted by Crippen LogP contribution is 2.44. The van der Waals surface area contributed by atoms with Crippen molar-refractivity contribution in [2.24, 2.45) is 0 Å². The summed E-state index contributed by atoms with van der Waals surface area (Å²) in [6.45, 7) is 4.62. The SMILES string of the molecule is CC(C)(C)OC(=O)N1CCC(NC(=O)OCC2c3ccccc3-c3ccccc32)(C(=O)Nc2cc(C(F)(F)F)cc(C(F)(F)F)c2)CC1. The number of alkyl carbamates (subject to hydrolysis) is 1. The Morgan fingerprint density at radius 3 is 1.79 bits per heavy atom. The molecule has 1 fully saturated rings. The molecule has 0 saturated carbocycles. The third-order valence-electron chi connectivity index (χ3n) is 8.23. The molecule has 0 atom stereocenters. The van der Waals surface area contributed by atoms with Crippen molar-refractivity contribution in [3.8, 4) is 11.1 Å². The number of carbonyl (C=O) groups excluding carboxylic acids is 3. The lowest BCUT2D eigenvalue weighted by Crippen LogP contribution is -2.62. The van der Waals surface area contributed by atoms with Gasteiger partial charge in [0.05, 0.1) is 11.1 Å². The van der Waals surface area contributed by atoms with Gasteiger partial charge in [-0.15, -0.1) is 0 Å². The van der Waals surface area contributed by atoms with Crippen molar-refractivity contribution >= 4 is 23.8 Å². The van der Waals surface area contributed by atoms with E-state index in [0.717, 1.165) is 22.3 Å². The van der Waals surface area contributed by atoms with E-state index in [-0.39, 0.29) is 44.5 Å². The van der Waals surface area contributed by atoms with Crippen LogP contribution in [0.4, 0.5) is 41.6 Å². The number of nitrogens with one attached hydrogen (secondary N) is 2. The Morgan fingerprint density at radius 1 is 0.812 bits per heavy atom. The average Bonchev–Trinajstić information content (AvgIpc) is 3.32. The van der Waals surface area contributed by atoms with Gasteiger partial charge < -0.3 is 25.0 Å². The van der Waals surface area contributed by atoms with Crippen molar-refractivity contribution in [3.63, 3.8) is 0 Å². The molecule has 0 spiro atoms. The molecule has 3 amide bonds. The highest BCUT2D eigenvalue weighted by atomic mass is 19.4. The number of hydrogen-bond acceptors (Lipinski definition) is 5. The molecule has 1 aliphatic heterocycles. The lowest BCUT2D eigenvalue weighted by Gasteiger charge is -2.41. The zero-order valence-electron chi connectivity index (χ0n) is 26.2. The van der Waals surface area contributed by atoms with Crippen molar-refractivity contribution in [1.29, 1.82) is 0 Å². The Labute approximate surface area is 272 Å². The quantitative estimate of drug-likeness (QED) is 0.267. The van der Waals surface area contributed by atoms with Gasteiger partial charge in [0, 0.05) is 24.7 Å². The molecular weight excluding hydrogens is 644 g/mol. The highest BCUT2D eigenvalue weighted by molar-refractivity contribution is 6.00. The number of anilines is 1. The molecule has 0 unspecified atom stereocenters. The summed E-state index contributed by atoms with van der Waals surface area (Å²) in [5.74, 6) is -1.40. The van der Waals surface area contributed by atoms with Crippen LogP contribution in [0.2, 0.25) is 0 Å². The molecule has 1 saturated heterocycles. The topological polar surface area (TPSA) is 97.0 Å². The number of hydrogen-bond donors (Lipinski definition) is 2. The molecular formula is C34H33F6N3O5. The van der Waals surface area contributed by atoms with E-state index in [2.05, 4.69) is 10.6 Å². The van der Waals surface area contributed by atoms with Gasteiger partial charge in [0.15, 0.2) is 0 Å². The second kappa shape index (κ2) is 12.7. The fourth-order valence-electron chi connectivity index (χ4n) is 5.91. The third kappa shape index (κ3) is 7.52. The predicted octanol–water partition coefficient (Wildman–Crippen LogP) is 7.97.